The highest BCUT2D eigenvalue weighted by Crippen LogP contribution is 2.18. The lowest BCUT2D eigenvalue weighted by Gasteiger charge is -2.26. The zero-order valence-corrected chi connectivity index (χ0v) is 12.4. The quantitative estimate of drug-likeness (QED) is 0.505. The van der Waals surface area contributed by atoms with Crippen LogP contribution >= 0.6 is 0 Å². The van der Waals surface area contributed by atoms with Crippen LogP contribution < -0.4 is 0 Å². The predicted molar refractivity (Wildman–Crippen MR) is 76.8 cm³/mol. The fourth-order valence-corrected chi connectivity index (χ4v) is 1.61. The Morgan fingerprint density at radius 1 is 1.16 bits per heavy atom. The van der Waals surface area contributed by atoms with Gasteiger partial charge in [0.05, 0.1) is 24.4 Å². The summed E-state index contributed by atoms with van der Waals surface area (Å²) in [4.78, 5) is 0. The molecule has 0 radical (unpaired) electrons. The summed E-state index contributed by atoms with van der Waals surface area (Å²) in [6, 6.07) is 0. The Bertz CT molecular complexity index is 313. The van der Waals surface area contributed by atoms with Crippen molar-refractivity contribution in [1.29, 1.82) is 0 Å². The lowest BCUT2D eigenvalue weighted by Crippen LogP contribution is -2.38. The number of aliphatic hydroxyl groups excluding tert-OH is 3. The lowest BCUT2D eigenvalue weighted by molar-refractivity contribution is -0.0640. The lowest BCUT2D eigenvalue weighted by atomic mass is 9.93. The summed E-state index contributed by atoms with van der Waals surface area (Å²) >= 11 is 0. The van der Waals surface area contributed by atoms with Crippen molar-refractivity contribution >= 4 is 0 Å². The summed E-state index contributed by atoms with van der Waals surface area (Å²) in [5.74, 6) is 0. The molecule has 112 valence electrons. The Morgan fingerprint density at radius 2 is 1.74 bits per heavy atom. The van der Waals surface area contributed by atoms with E-state index in [2.05, 4.69) is 0 Å². The predicted octanol–water partition coefficient (Wildman–Crippen LogP) is 1.53. The maximum Gasteiger partial charge on any atom is 0.0850 e. The summed E-state index contributed by atoms with van der Waals surface area (Å²) in [6.07, 6.45) is 3.72. The van der Waals surface area contributed by atoms with Crippen LogP contribution in [-0.2, 0) is 0 Å². The average molecular weight is 272 g/mol. The number of allylic oxidation sites excluding steroid dienone is 2. The van der Waals surface area contributed by atoms with Crippen molar-refractivity contribution in [3.05, 3.63) is 23.3 Å². The van der Waals surface area contributed by atoms with Gasteiger partial charge >= 0.3 is 0 Å². The Hall–Kier alpha value is -0.680. The second-order valence-corrected chi connectivity index (χ2v) is 5.64. The van der Waals surface area contributed by atoms with E-state index in [-0.39, 0.29) is 13.0 Å². The maximum atomic E-state index is 9.93. The molecule has 0 spiro atoms. The molecule has 0 bridgehead atoms. The van der Waals surface area contributed by atoms with Crippen molar-refractivity contribution in [1.82, 2.24) is 0 Å². The van der Waals surface area contributed by atoms with Crippen LogP contribution in [0, 0.1) is 0 Å². The van der Waals surface area contributed by atoms with E-state index in [9.17, 15) is 15.3 Å². The third-order valence-corrected chi connectivity index (χ3v) is 3.23. The van der Waals surface area contributed by atoms with Gasteiger partial charge in [0.15, 0.2) is 0 Å². The van der Waals surface area contributed by atoms with Crippen molar-refractivity contribution in [2.75, 3.05) is 6.61 Å². The van der Waals surface area contributed by atoms with Crippen molar-refractivity contribution in [2.24, 2.45) is 0 Å². The van der Waals surface area contributed by atoms with Gasteiger partial charge in [-0.3, -0.25) is 0 Å². The second kappa shape index (κ2) is 8.48. The minimum Gasteiger partial charge on any atom is -0.392 e. The van der Waals surface area contributed by atoms with Gasteiger partial charge in [-0.1, -0.05) is 17.7 Å². The molecule has 0 heterocycles. The van der Waals surface area contributed by atoms with Crippen molar-refractivity contribution in [3.63, 3.8) is 0 Å². The number of rotatable bonds is 8. The molecule has 0 aromatic carbocycles. The molecule has 0 aliphatic rings. The van der Waals surface area contributed by atoms with E-state index in [0.717, 1.165) is 24.0 Å². The molecule has 19 heavy (non-hydrogen) atoms. The number of aliphatic hydroxyl groups is 4. The molecular weight excluding hydrogens is 244 g/mol. The van der Waals surface area contributed by atoms with Crippen LogP contribution in [0.4, 0.5) is 0 Å². The highest BCUT2D eigenvalue weighted by Gasteiger charge is 2.27. The van der Waals surface area contributed by atoms with Crippen LogP contribution in [0.5, 0.6) is 0 Å². The van der Waals surface area contributed by atoms with E-state index >= 15 is 0 Å². The first-order valence-corrected chi connectivity index (χ1v) is 6.70. The van der Waals surface area contributed by atoms with Crippen molar-refractivity contribution in [3.8, 4) is 0 Å². The van der Waals surface area contributed by atoms with Crippen LogP contribution in [-0.4, -0.2) is 44.8 Å². The molecule has 4 nitrogen and oxygen atoms in total. The largest absolute Gasteiger partial charge is 0.392 e. The molecule has 2 unspecified atom stereocenters. The van der Waals surface area contributed by atoms with E-state index < -0.39 is 17.8 Å². The van der Waals surface area contributed by atoms with Crippen molar-refractivity contribution < 1.29 is 20.4 Å². The summed E-state index contributed by atoms with van der Waals surface area (Å²) in [5.41, 5.74) is 0.694. The molecule has 0 amide bonds. The highest BCUT2D eigenvalue weighted by atomic mass is 16.3. The second-order valence-electron chi connectivity index (χ2n) is 5.64. The molecule has 0 aliphatic carbocycles. The number of hydrogen-bond acceptors (Lipinski definition) is 4. The first kappa shape index (κ1) is 18.3. The fourth-order valence-electron chi connectivity index (χ4n) is 1.61. The van der Waals surface area contributed by atoms with Gasteiger partial charge in [-0.25, -0.2) is 0 Å². The summed E-state index contributed by atoms with van der Waals surface area (Å²) in [5, 5.41) is 38.0. The van der Waals surface area contributed by atoms with Gasteiger partial charge in [0.25, 0.3) is 0 Å². The Labute approximate surface area is 116 Å². The maximum absolute atomic E-state index is 9.93. The molecule has 4 heteroatoms. The molecule has 0 saturated carbocycles. The zero-order valence-electron chi connectivity index (χ0n) is 12.4. The fraction of sp³-hybridized carbons (Fsp3) is 0.733. The van der Waals surface area contributed by atoms with Crippen LogP contribution in [0.3, 0.4) is 0 Å². The average Bonchev–Trinajstić information content (AvgIpc) is 2.27. The van der Waals surface area contributed by atoms with Gasteiger partial charge < -0.3 is 20.4 Å². The Morgan fingerprint density at radius 3 is 2.21 bits per heavy atom. The summed E-state index contributed by atoms with van der Waals surface area (Å²) in [6.45, 7) is 6.86. The summed E-state index contributed by atoms with van der Waals surface area (Å²) in [7, 11) is 0. The minimum atomic E-state index is -1.21. The van der Waals surface area contributed by atoms with E-state index in [0.29, 0.717) is 0 Å². The van der Waals surface area contributed by atoms with Gasteiger partial charge in [0, 0.05) is 6.42 Å². The summed E-state index contributed by atoms with van der Waals surface area (Å²) < 4.78 is 0. The molecule has 0 aliphatic heterocycles. The standard InChI is InChI=1S/C15H28O4/c1-11(8-9-16)6-5-7-12(2)13(17)10-14(18)15(3,4)19/h7-8,13-14,16-19H,5-6,9-10H2,1-4H3/b11-8-,12-7+. The monoisotopic (exact) mass is 272 g/mol. The Kier molecular flexibility index (Phi) is 8.18. The van der Waals surface area contributed by atoms with Gasteiger partial charge in [-0.05, 0) is 46.1 Å². The zero-order chi connectivity index (χ0) is 15.1. The molecule has 0 fully saturated rings. The molecule has 0 rings (SSSR count). The molecule has 0 saturated heterocycles. The van der Waals surface area contributed by atoms with Gasteiger partial charge in [-0.2, -0.15) is 0 Å². The Balaban J connectivity index is 4.26. The minimum absolute atomic E-state index is 0.0505. The van der Waals surface area contributed by atoms with Gasteiger partial charge in [0.1, 0.15) is 0 Å². The van der Waals surface area contributed by atoms with E-state index in [1.165, 1.54) is 13.8 Å². The first-order valence-electron chi connectivity index (χ1n) is 6.70. The van der Waals surface area contributed by atoms with E-state index in [1.807, 2.05) is 19.9 Å². The third-order valence-electron chi connectivity index (χ3n) is 3.23. The highest BCUT2D eigenvalue weighted by molar-refractivity contribution is 5.08. The molecule has 2 atom stereocenters. The molecule has 0 aromatic rings. The van der Waals surface area contributed by atoms with E-state index in [4.69, 9.17) is 5.11 Å². The SMILES string of the molecule is C/C(=C/CO)CC/C=C(\C)C(O)CC(O)C(C)(C)O. The van der Waals surface area contributed by atoms with Gasteiger partial charge in [-0.15, -0.1) is 0 Å². The van der Waals surface area contributed by atoms with Crippen LogP contribution in [0.25, 0.3) is 0 Å². The normalized spacial score (nSPS) is 17.5. The molecule has 0 aromatic heterocycles. The molecular formula is C15H28O4. The van der Waals surface area contributed by atoms with Crippen LogP contribution in [0.15, 0.2) is 23.3 Å². The third kappa shape index (κ3) is 8.16. The van der Waals surface area contributed by atoms with E-state index in [1.54, 1.807) is 6.08 Å². The van der Waals surface area contributed by atoms with Crippen LogP contribution in [0.1, 0.15) is 47.0 Å². The topological polar surface area (TPSA) is 80.9 Å². The van der Waals surface area contributed by atoms with Gasteiger partial charge in [0.2, 0.25) is 0 Å². The van der Waals surface area contributed by atoms with Crippen LogP contribution in [0.2, 0.25) is 0 Å². The number of hydrogen-bond donors (Lipinski definition) is 4. The smallest absolute Gasteiger partial charge is 0.0850 e. The first-order chi connectivity index (χ1) is 8.68. The molecule has 4 N–H and O–H groups in total. The van der Waals surface area contributed by atoms with Crippen molar-refractivity contribution in [2.45, 2.75) is 64.8 Å².